The van der Waals surface area contributed by atoms with Gasteiger partial charge in [-0.15, -0.1) is 0 Å². The monoisotopic (exact) mass is 272 g/mol. The summed E-state index contributed by atoms with van der Waals surface area (Å²) in [7, 11) is 0. The van der Waals surface area contributed by atoms with Crippen molar-refractivity contribution in [3.63, 3.8) is 0 Å². The molecule has 2 aromatic rings. The first-order valence-corrected chi connectivity index (χ1v) is 6.60. The zero-order valence-electron chi connectivity index (χ0n) is 10.0. The Hall–Kier alpha value is -2.07. The molecule has 0 aliphatic heterocycles. The van der Waals surface area contributed by atoms with Crippen molar-refractivity contribution in [3.05, 3.63) is 71.8 Å². The van der Waals surface area contributed by atoms with E-state index >= 15 is 0 Å². The van der Waals surface area contributed by atoms with Gasteiger partial charge in [-0.1, -0.05) is 72.4 Å². The van der Waals surface area contributed by atoms with E-state index in [0.717, 1.165) is 11.8 Å². The molecule has 0 aliphatic rings. The molecule has 0 radical (unpaired) electrons. The molecular weight excluding hydrogens is 260 g/mol. The highest BCUT2D eigenvalue weighted by Crippen LogP contribution is 2.31. The summed E-state index contributed by atoms with van der Waals surface area (Å²) in [5.41, 5.74) is 1.12. The summed E-state index contributed by atoms with van der Waals surface area (Å²) in [6, 6.07) is 17.4. The Kier molecular flexibility index (Phi) is 4.36. The molecule has 1 unspecified atom stereocenters. The first-order valence-electron chi connectivity index (χ1n) is 5.72. The number of hydrogen-bond donors (Lipinski definition) is 1. The van der Waals surface area contributed by atoms with Crippen LogP contribution in [0, 0.1) is 0 Å². The van der Waals surface area contributed by atoms with Crippen LogP contribution in [0.5, 0.6) is 0 Å². The van der Waals surface area contributed by atoms with Gasteiger partial charge in [0.1, 0.15) is 5.25 Å². The van der Waals surface area contributed by atoms with E-state index < -0.39 is 11.2 Å². The highest BCUT2D eigenvalue weighted by molar-refractivity contribution is 8.14. The van der Waals surface area contributed by atoms with Gasteiger partial charge in [-0.3, -0.25) is 9.59 Å². The molecule has 0 heterocycles. The van der Waals surface area contributed by atoms with Crippen LogP contribution in [0.15, 0.2) is 60.7 Å². The van der Waals surface area contributed by atoms with Gasteiger partial charge in [-0.25, -0.2) is 0 Å². The largest absolute Gasteiger partial charge is 0.480 e. The number of rotatable bonds is 4. The Morgan fingerprint density at radius 1 is 0.895 bits per heavy atom. The molecule has 3 nitrogen and oxygen atoms in total. The molecule has 0 saturated carbocycles. The van der Waals surface area contributed by atoms with Gasteiger partial charge in [0, 0.05) is 5.56 Å². The number of carbonyl (C=O) groups excluding carboxylic acids is 1. The number of aliphatic carboxylic acids is 1. The van der Waals surface area contributed by atoms with Crippen LogP contribution in [-0.4, -0.2) is 16.2 Å². The quantitative estimate of drug-likeness (QED) is 0.927. The molecule has 1 N–H and O–H groups in total. The van der Waals surface area contributed by atoms with Gasteiger partial charge in [0.25, 0.3) is 0 Å². The van der Waals surface area contributed by atoms with Gasteiger partial charge >= 0.3 is 5.97 Å². The fourth-order valence-electron chi connectivity index (χ4n) is 1.64. The fourth-order valence-corrected chi connectivity index (χ4v) is 2.52. The Labute approximate surface area is 115 Å². The van der Waals surface area contributed by atoms with Crippen LogP contribution in [-0.2, 0) is 4.79 Å². The van der Waals surface area contributed by atoms with Crippen LogP contribution < -0.4 is 0 Å². The van der Waals surface area contributed by atoms with E-state index in [2.05, 4.69) is 0 Å². The second-order valence-electron chi connectivity index (χ2n) is 3.90. The third kappa shape index (κ3) is 3.45. The maximum atomic E-state index is 12.0. The number of thioether (sulfide) groups is 1. The van der Waals surface area contributed by atoms with Crippen LogP contribution in [0.3, 0.4) is 0 Å². The molecule has 0 fully saturated rings. The molecular formula is C15H12O3S. The van der Waals surface area contributed by atoms with Crippen LogP contribution in [0.1, 0.15) is 21.2 Å². The van der Waals surface area contributed by atoms with E-state index in [0.29, 0.717) is 11.1 Å². The van der Waals surface area contributed by atoms with Crippen molar-refractivity contribution >= 4 is 22.8 Å². The Morgan fingerprint density at radius 3 is 1.95 bits per heavy atom. The first kappa shape index (κ1) is 13.4. The summed E-state index contributed by atoms with van der Waals surface area (Å²) in [5.74, 6) is -1.01. The normalized spacial score (nSPS) is 11.8. The fraction of sp³-hybridized carbons (Fsp3) is 0.0667. The average molecular weight is 272 g/mol. The second kappa shape index (κ2) is 6.20. The lowest BCUT2D eigenvalue weighted by Crippen LogP contribution is -2.10. The first-order chi connectivity index (χ1) is 9.18. The Bertz CT molecular complexity index is 566. The maximum absolute atomic E-state index is 12.0. The van der Waals surface area contributed by atoms with Crippen LogP contribution >= 0.6 is 11.8 Å². The van der Waals surface area contributed by atoms with E-state index in [4.69, 9.17) is 0 Å². The molecule has 0 saturated heterocycles. The molecule has 0 aliphatic carbocycles. The van der Waals surface area contributed by atoms with Gasteiger partial charge < -0.3 is 5.11 Å². The third-order valence-corrected chi connectivity index (χ3v) is 3.72. The van der Waals surface area contributed by atoms with Crippen molar-refractivity contribution in [1.82, 2.24) is 0 Å². The van der Waals surface area contributed by atoms with Crippen LogP contribution in [0.25, 0.3) is 0 Å². The zero-order chi connectivity index (χ0) is 13.7. The standard InChI is InChI=1S/C15H12O3S/c16-14(17)13(11-7-3-1-4-8-11)19-15(18)12-9-5-2-6-10-12/h1-10,13H,(H,16,17). The number of carboxylic acid groups (broad SMARTS) is 1. The number of carbonyl (C=O) groups is 2. The average Bonchev–Trinajstić information content (AvgIpc) is 2.46. The highest BCUT2D eigenvalue weighted by Gasteiger charge is 2.24. The minimum atomic E-state index is -1.01. The van der Waals surface area contributed by atoms with Crippen LogP contribution in [0.2, 0.25) is 0 Å². The molecule has 0 amide bonds. The molecule has 4 heteroatoms. The zero-order valence-corrected chi connectivity index (χ0v) is 10.8. The minimum Gasteiger partial charge on any atom is -0.480 e. The van der Waals surface area contributed by atoms with Gasteiger partial charge in [0.15, 0.2) is 0 Å². The minimum absolute atomic E-state index is 0.239. The number of benzene rings is 2. The van der Waals surface area contributed by atoms with Gasteiger partial charge in [-0.05, 0) is 5.56 Å². The van der Waals surface area contributed by atoms with E-state index in [-0.39, 0.29) is 5.12 Å². The van der Waals surface area contributed by atoms with Gasteiger partial charge in [-0.2, -0.15) is 0 Å². The summed E-state index contributed by atoms with van der Waals surface area (Å²) in [6.07, 6.45) is 0. The lowest BCUT2D eigenvalue weighted by Gasteiger charge is -2.11. The van der Waals surface area contributed by atoms with Gasteiger partial charge in [0.05, 0.1) is 0 Å². The van der Waals surface area contributed by atoms with E-state index in [1.54, 1.807) is 48.5 Å². The summed E-state index contributed by atoms with van der Waals surface area (Å²) in [4.78, 5) is 23.3. The maximum Gasteiger partial charge on any atom is 0.321 e. The predicted octanol–water partition coefficient (Wildman–Crippen LogP) is 3.39. The smallest absolute Gasteiger partial charge is 0.321 e. The SMILES string of the molecule is O=C(SC(C(=O)O)c1ccccc1)c1ccccc1. The predicted molar refractivity (Wildman–Crippen MR) is 75.2 cm³/mol. The van der Waals surface area contributed by atoms with Crippen molar-refractivity contribution in [2.75, 3.05) is 0 Å². The molecule has 0 bridgehead atoms. The second-order valence-corrected chi connectivity index (χ2v) is 4.98. The summed E-state index contributed by atoms with van der Waals surface area (Å²) >= 11 is 0.821. The molecule has 96 valence electrons. The van der Waals surface area contributed by atoms with Crippen molar-refractivity contribution < 1.29 is 14.7 Å². The van der Waals surface area contributed by atoms with Crippen molar-refractivity contribution in [1.29, 1.82) is 0 Å². The highest BCUT2D eigenvalue weighted by atomic mass is 32.2. The lowest BCUT2D eigenvalue weighted by atomic mass is 10.1. The number of hydrogen-bond acceptors (Lipinski definition) is 3. The van der Waals surface area contributed by atoms with Gasteiger partial charge in [0.2, 0.25) is 5.12 Å². The van der Waals surface area contributed by atoms with E-state index in [1.165, 1.54) is 0 Å². The Morgan fingerprint density at radius 2 is 1.42 bits per heavy atom. The van der Waals surface area contributed by atoms with Crippen LogP contribution in [0.4, 0.5) is 0 Å². The Balaban J connectivity index is 2.19. The van der Waals surface area contributed by atoms with Crippen molar-refractivity contribution in [3.8, 4) is 0 Å². The number of carboxylic acids is 1. The summed E-state index contributed by atoms with van der Waals surface area (Å²) in [6.45, 7) is 0. The molecule has 19 heavy (non-hydrogen) atoms. The summed E-state index contributed by atoms with van der Waals surface area (Å²) in [5, 5.41) is 8.13. The topological polar surface area (TPSA) is 54.4 Å². The molecule has 2 rings (SSSR count). The third-order valence-electron chi connectivity index (χ3n) is 2.56. The van der Waals surface area contributed by atoms with E-state index in [9.17, 15) is 14.7 Å². The van der Waals surface area contributed by atoms with E-state index in [1.807, 2.05) is 12.1 Å². The molecule has 2 aromatic carbocycles. The molecule has 1 atom stereocenters. The van der Waals surface area contributed by atoms with Crippen molar-refractivity contribution in [2.24, 2.45) is 0 Å². The molecule has 0 aromatic heterocycles. The lowest BCUT2D eigenvalue weighted by molar-refractivity contribution is -0.136. The van der Waals surface area contributed by atoms with Crippen molar-refractivity contribution in [2.45, 2.75) is 5.25 Å². The molecule has 0 spiro atoms. The summed E-state index contributed by atoms with van der Waals surface area (Å²) < 4.78 is 0.